The van der Waals surface area contributed by atoms with Crippen molar-refractivity contribution in [3.8, 4) is 5.69 Å². The number of nitrogens with two attached hydrogens (primary N) is 1. The van der Waals surface area contributed by atoms with Crippen molar-refractivity contribution in [1.82, 2.24) is 9.55 Å². The Morgan fingerprint density at radius 1 is 1.03 bits per heavy atom. The number of aromatic nitrogens is 2. The highest BCUT2D eigenvalue weighted by molar-refractivity contribution is 8.00. The number of hydrogen-bond acceptors (Lipinski definition) is 5. The molecular formula is C24H22N4O2S. The summed E-state index contributed by atoms with van der Waals surface area (Å²) in [5.74, 6) is 0.123. The van der Waals surface area contributed by atoms with Crippen LogP contribution in [0, 0.1) is 0 Å². The second kappa shape index (κ2) is 9.06. The van der Waals surface area contributed by atoms with Gasteiger partial charge in [0, 0.05) is 17.4 Å². The van der Waals surface area contributed by atoms with Gasteiger partial charge in [0.1, 0.15) is 5.82 Å². The number of carbonyl (C=O) groups excluding carboxylic acids is 1. The Kier molecular flexibility index (Phi) is 6.04. The minimum atomic E-state index is -0.449. The van der Waals surface area contributed by atoms with Crippen LogP contribution in [0.5, 0.6) is 0 Å². The Hall–Kier alpha value is -3.58. The van der Waals surface area contributed by atoms with Gasteiger partial charge in [-0.25, -0.2) is 0 Å². The average Bonchev–Trinajstić information content (AvgIpc) is 2.77. The molecule has 0 radical (unpaired) electrons. The fourth-order valence-electron chi connectivity index (χ4n) is 3.33. The van der Waals surface area contributed by atoms with Crippen molar-refractivity contribution in [2.75, 3.05) is 11.1 Å². The smallest absolute Gasteiger partial charge is 0.275 e. The number of hydrogen-bond donors (Lipinski definition) is 2. The van der Waals surface area contributed by atoms with Gasteiger partial charge in [-0.3, -0.25) is 14.2 Å². The number of nitrogens with one attached hydrogen (secondary N) is 1. The minimum absolute atomic E-state index is 0.154. The highest BCUT2D eigenvalue weighted by Gasteiger charge is 2.22. The van der Waals surface area contributed by atoms with Gasteiger partial charge in [0.25, 0.3) is 5.56 Å². The summed E-state index contributed by atoms with van der Waals surface area (Å²) in [5, 5.41) is 5.09. The lowest BCUT2D eigenvalue weighted by Crippen LogP contribution is -2.26. The number of anilines is 2. The Labute approximate surface area is 184 Å². The summed E-state index contributed by atoms with van der Waals surface area (Å²) < 4.78 is 1.69. The Morgan fingerprint density at radius 2 is 1.74 bits per heavy atom. The van der Waals surface area contributed by atoms with Gasteiger partial charge in [-0.1, -0.05) is 67.2 Å². The Balaban J connectivity index is 1.61. The van der Waals surface area contributed by atoms with Crippen molar-refractivity contribution >= 4 is 39.9 Å². The van der Waals surface area contributed by atoms with E-state index >= 15 is 0 Å². The third-order valence-corrected chi connectivity index (χ3v) is 6.19. The van der Waals surface area contributed by atoms with Gasteiger partial charge in [0.2, 0.25) is 5.91 Å². The molecule has 0 aliphatic carbocycles. The van der Waals surface area contributed by atoms with Crippen LogP contribution >= 0.6 is 11.8 Å². The average molecular weight is 431 g/mol. The molecule has 1 heterocycles. The first-order chi connectivity index (χ1) is 15.0. The number of carbonyl (C=O) groups is 1. The highest BCUT2D eigenvalue weighted by Crippen LogP contribution is 2.28. The van der Waals surface area contributed by atoms with Crippen LogP contribution in [0.15, 0.2) is 88.8 Å². The molecule has 6 nitrogen and oxygen atoms in total. The summed E-state index contributed by atoms with van der Waals surface area (Å²) in [7, 11) is 0. The number of thioether (sulfide) groups is 1. The van der Waals surface area contributed by atoms with E-state index in [0.29, 0.717) is 11.6 Å². The van der Waals surface area contributed by atoms with E-state index in [1.54, 1.807) is 4.57 Å². The van der Waals surface area contributed by atoms with E-state index in [1.807, 2.05) is 79.7 Å². The van der Waals surface area contributed by atoms with Crippen LogP contribution in [-0.4, -0.2) is 20.7 Å². The first kappa shape index (κ1) is 20.7. The predicted molar refractivity (Wildman–Crippen MR) is 127 cm³/mol. The molecule has 0 saturated heterocycles. The molecule has 4 rings (SSSR count). The van der Waals surface area contributed by atoms with E-state index in [1.165, 1.54) is 17.8 Å². The van der Waals surface area contributed by atoms with Crippen LogP contribution in [0.25, 0.3) is 16.5 Å². The highest BCUT2D eigenvalue weighted by atomic mass is 32.2. The fourth-order valence-corrected chi connectivity index (χ4v) is 4.38. The summed E-state index contributed by atoms with van der Waals surface area (Å²) in [6.45, 7) is 1.93. The second-order valence-electron chi connectivity index (χ2n) is 7.04. The molecule has 3 N–H and O–H groups in total. The van der Waals surface area contributed by atoms with E-state index in [0.717, 1.165) is 22.1 Å². The van der Waals surface area contributed by atoms with Crippen LogP contribution < -0.4 is 16.6 Å². The van der Waals surface area contributed by atoms with Crippen molar-refractivity contribution in [3.63, 3.8) is 0 Å². The van der Waals surface area contributed by atoms with Gasteiger partial charge in [-0.05, 0) is 41.5 Å². The van der Waals surface area contributed by atoms with Gasteiger partial charge in [-0.15, -0.1) is 0 Å². The van der Waals surface area contributed by atoms with Gasteiger partial charge in [-0.2, -0.15) is 4.98 Å². The lowest BCUT2D eigenvalue weighted by molar-refractivity contribution is -0.115. The summed E-state index contributed by atoms with van der Waals surface area (Å²) >= 11 is 1.23. The largest absolute Gasteiger partial charge is 0.385 e. The number of amides is 1. The van der Waals surface area contributed by atoms with Crippen LogP contribution in [0.2, 0.25) is 0 Å². The first-order valence-electron chi connectivity index (χ1n) is 9.96. The van der Waals surface area contributed by atoms with Crippen molar-refractivity contribution in [2.24, 2.45) is 0 Å². The SMILES string of the molecule is CCC(Sc1nc(=O)cc(N)n1-c1ccccc1)C(=O)Nc1ccc2ccccc2c1. The molecule has 3 aromatic carbocycles. The van der Waals surface area contributed by atoms with Crippen molar-refractivity contribution < 1.29 is 4.79 Å². The Bertz CT molecular complexity index is 1290. The lowest BCUT2D eigenvalue weighted by atomic mass is 10.1. The van der Waals surface area contributed by atoms with Gasteiger partial charge in [0.15, 0.2) is 5.16 Å². The molecule has 0 bridgehead atoms. The molecule has 1 unspecified atom stereocenters. The summed E-state index contributed by atoms with van der Waals surface area (Å²) in [5.41, 5.74) is 7.20. The number of para-hydroxylation sites is 1. The maximum atomic E-state index is 13.0. The molecule has 1 atom stereocenters. The summed E-state index contributed by atoms with van der Waals surface area (Å²) in [6, 6.07) is 24.5. The van der Waals surface area contributed by atoms with E-state index in [2.05, 4.69) is 10.3 Å². The summed E-state index contributed by atoms with van der Waals surface area (Å²) in [6.07, 6.45) is 0.559. The van der Waals surface area contributed by atoms with Crippen LogP contribution in [0.1, 0.15) is 13.3 Å². The van der Waals surface area contributed by atoms with Crippen LogP contribution in [-0.2, 0) is 4.79 Å². The number of fused-ring (bicyclic) bond motifs is 1. The molecule has 1 aromatic heterocycles. The normalized spacial score (nSPS) is 11.9. The Morgan fingerprint density at radius 3 is 2.48 bits per heavy atom. The number of nitrogens with zero attached hydrogens (tertiary/aromatic N) is 2. The maximum absolute atomic E-state index is 13.0. The molecule has 156 valence electrons. The van der Waals surface area contributed by atoms with Crippen molar-refractivity contribution in [3.05, 3.63) is 89.2 Å². The molecule has 1 amide bonds. The van der Waals surface area contributed by atoms with Crippen LogP contribution in [0.4, 0.5) is 11.5 Å². The first-order valence-corrected chi connectivity index (χ1v) is 10.8. The molecule has 7 heteroatoms. The molecule has 0 fully saturated rings. The molecule has 0 spiro atoms. The maximum Gasteiger partial charge on any atom is 0.275 e. The minimum Gasteiger partial charge on any atom is -0.385 e. The lowest BCUT2D eigenvalue weighted by Gasteiger charge is -2.19. The third kappa shape index (κ3) is 4.62. The van der Waals surface area contributed by atoms with Gasteiger partial charge >= 0.3 is 0 Å². The second-order valence-corrected chi connectivity index (χ2v) is 8.21. The number of nitrogen functional groups attached to an aromatic ring is 1. The molecule has 0 aliphatic heterocycles. The van der Waals surface area contributed by atoms with E-state index in [4.69, 9.17) is 5.73 Å². The zero-order valence-corrected chi connectivity index (χ0v) is 17.8. The van der Waals surface area contributed by atoms with E-state index < -0.39 is 10.8 Å². The fraction of sp³-hybridized carbons (Fsp3) is 0.125. The van der Waals surface area contributed by atoms with Gasteiger partial charge in [0.05, 0.1) is 5.25 Å². The zero-order chi connectivity index (χ0) is 21.8. The number of rotatable bonds is 6. The molecule has 4 aromatic rings. The quantitative estimate of drug-likeness (QED) is 0.348. The predicted octanol–water partition coefficient (Wildman–Crippen LogP) is 4.48. The van der Waals surface area contributed by atoms with Gasteiger partial charge < -0.3 is 11.1 Å². The standard InChI is InChI=1S/C24H22N4O2S/c1-2-20(23(30)26-18-13-12-16-8-6-7-9-17(16)14-18)31-24-27-22(29)15-21(25)28(24)19-10-4-3-5-11-19/h3-15,20H,2,25H2,1H3,(H,26,30). The van der Waals surface area contributed by atoms with Crippen molar-refractivity contribution in [1.29, 1.82) is 0 Å². The topological polar surface area (TPSA) is 90.0 Å². The molecular weight excluding hydrogens is 408 g/mol. The van der Waals surface area contributed by atoms with Crippen LogP contribution in [0.3, 0.4) is 0 Å². The monoisotopic (exact) mass is 430 g/mol. The van der Waals surface area contributed by atoms with Crippen molar-refractivity contribution in [2.45, 2.75) is 23.8 Å². The van der Waals surface area contributed by atoms with E-state index in [9.17, 15) is 9.59 Å². The third-order valence-electron chi connectivity index (χ3n) is 4.87. The molecule has 0 saturated carbocycles. The summed E-state index contributed by atoms with van der Waals surface area (Å²) in [4.78, 5) is 29.2. The zero-order valence-electron chi connectivity index (χ0n) is 17.0. The number of benzene rings is 3. The molecule has 0 aliphatic rings. The molecule has 31 heavy (non-hydrogen) atoms. The van der Waals surface area contributed by atoms with E-state index in [-0.39, 0.29) is 11.7 Å².